The van der Waals surface area contributed by atoms with Gasteiger partial charge in [-0.1, -0.05) is 12.1 Å². The van der Waals surface area contributed by atoms with Crippen molar-refractivity contribution in [3.05, 3.63) is 52.1 Å². The molecule has 0 radical (unpaired) electrons. The molecule has 0 atom stereocenters. The van der Waals surface area contributed by atoms with Crippen LogP contribution in [0.25, 0.3) is 0 Å². The van der Waals surface area contributed by atoms with Crippen molar-refractivity contribution in [1.82, 2.24) is 4.98 Å². The molecule has 0 saturated carbocycles. The molecule has 108 valence electrons. The van der Waals surface area contributed by atoms with Crippen LogP contribution in [-0.4, -0.2) is 21.0 Å². The first kappa shape index (κ1) is 14.3. The monoisotopic (exact) mass is 289 g/mol. The van der Waals surface area contributed by atoms with E-state index in [4.69, 9.17) is 15.6 Å². The Morgan fingerprint density at radius 3 is 2.76 bits per heavy atom. The molecule has 21 heavy (non-hydrogen) atoms. The fourth-order valence-corrected chi connectivity index (χ4v) is 1.67. The highest BCUT2D eigenvalue weighted by Crippen LogP contribution is 2.26. The molecular formula is C13H11N3O5. The van der Waals surface area contributed by atoms with E-state index in [1.807, 2.05) is 0 Å². The van der Waals surface area contributed by atoms with Crippen LogP contribution in [0.2, 0.25) is 0 Å². The number of hydrogen-bond acceptors (Lipinski definition) is 6. The molecule has 8 nitrogen and oxygen atoms in total. The highest BCUT2D eigenvalue weighted by atomic mass is 16.6. The number of anilines is 1. The number of aromatic nitrogens is 1. The van der Waals surface area contributed by atoms with Gasteiger partial charge < -0.3 is 15.6 Å². The maximum absolute atomic E-state index is 10.7. The molecule has 0 bridgehead atoms. The summed E-state index contributed by atoms with van der Waals surface area (Å²) in [6, 6.07) is 8.97. The third-order valence-electron chi connectivity index (χ3n) is 2.55. The zero-order valence-electron chi connectivity index (χ0n) is 10.7. The van der Waals surface area contributed by atoms with Gasteiger partial charge in [0.05, 0.1) is 11.3 Å². The summed E-state index contributed by atoms with van der Waals surface area (Å²) in [4.78, 5) is 24.4. The molecule has 0 aliphatic rings. The first-order valence-electron chi connectivity index (χ1n) is 5.85. The van der Waals surface area contributed by atoms with Gasteiger partial charge in [-0.25, -0.2) is 0 Å². The van der Waals surface area contributed by atoms with E-state index in [1.165, 1.54) is 12.1 Å². The SMILES string of the molecule is Nc1nc(Oc2cccc(CC(=O)O)c2)ccc1[N+](=O)[O-]. The Labute approximate surface area is 119 Å². The summed E-state index contributed by atoms with van der Waals surface area (Å²) in [6.45, 7) is 0. The lowest BCUT2D eigenvalue weighted by molar-refractivity contribution is -0.384. The smallest absolute Gasteiger partial charge is 0.311 e. The number of pyridine rings is 1. The van der Waals surface area contributed by atoms with Crippen molar-refractivity contribution in [3.8, 4) is 11.6 Å². The molecule has 0 aliphatic carbocycles. The number of ether oxygens (including phenoxy) is 1. The van der Waals surface area contributed by atoms with Crippen LogP contribution >= 0.6 is 0 Å². The molecule has 2 rings (SSSR count). The first-order chi connectivity index (χ1) is 9.95. The topological polar surface area (TPSA) is 129 Å². The number of nitro groups is 1. The molecule has 0 aliphatic heterocycles. The lowest BCUT2D eigenvalue weighted by atomic mass is 10.1. The third kappa shape index (κ3) is 3.66. The van der Waals surface area contributed by atoms with E-state index in [0.29, 0.717) is 11.3 Å². The largest absolute Gasteiger partial charge is 0.481 e. The molecular weight excluding hydrogens is 278 g/mol. The number of aliphatic carboxylic acids is 1. The lowest BCUT2D eigenvalue weighted by Gasteiger charge is -2.06. The fourth-order valence-electron chi connectivity index (χ4n) is 1.67. The Morgan fingerprint density at radius 2 is 2.14 bits per heavy atom. The van der Waals surface area contributed by atoms with Crippen LogP contribution in [0.3, 0.4) is 0 Å². The number of hydrogen-bond donors (Lipinski definition) is 2. The average Bonchev–Trinajstić information content (AvgIpc) is 2.37. The predicted octanol–water partition coefficient (Wildman–Crippen LogP) is 1.99. The van der Waals surface area contributed by atoms with Crippen molar-refractivity contribution in [2.75, 3.05) is 5.73 Å². The zero-order chi connectivity index (χ0) is 15.4. The Kier molecular flexibility index (Phi) is 3.98. The van der Waals surface area contributed by atoms with Crippen LogP contribution in [0.4, 0.5) is 11.5 Å². The van der Waals surface area contributed by atoms with Crippen LogP contribution in [0.5, 0.6) is 11.6 Å². The minimum Gasteiger partial charge on any atom is -0.481 e. The molecule has 8 heteroatoms. The van der Waals surface area contributed by atoms with Crippen molar-refractivity contribution >= 4 is 17.5 Å². The number of carbonyl (C=O) groups is 1. The third-order valence-corrected chi connectivity index (χ3v) is 2.55. The number of nitrogen functional groups attached to an aromatic ring is 1. The van der Waals surface area contributed by atoms with E-state index in [0.717, 1.165) is 0 Å². The lowest BCUT2D eigenvalue weighted by Crippen LogP contribution is -2.01. The number of rotatable bonds is 5. The molecule has 2 aromatic rings. The average molecular weight is 289 g/mol. The molecule has 0 unspecified atom stereocenters. The number of carboxylic acids is 1. The Morgan fingerprint density at radius 1 is 1.38 bits per heavy atom. The summed E-state index contributed by atoms with van der Waals surface area (Å²) in [6.07, 6.45) is -0.132. The summed E-state index contributed by atoms with van der Waals surface area (Å²) in [5.74, 6) is -0.746. The quantitative estimate of drug-likeness (QED) is 0.636. The number of nitrogens with zero attached hydrogens (tertiary/aromatic N) is 2. The standard InChI is InChI=1S/C13H11N3O5/c14-13-10(16(19)20)4-5-11(15-13)21-9-3-1-2-8(6-9)7-12(17)18/h1-6H,7H2,(H2,14,15)(H,17,18). The van der Waals surface area contributed by atoms with E-state index < -0.39 is 10.9 Å². The van der Waals surface area contributed by atoms with Gasteiger partial charge in [0.25, 0.3) is 0 Å². The Balaban J connectivity index is 2.20. The maximum atomic E-state index is 10.7. The Bertz CT molecular complexity index is 702. The highest BCUT2D eigenvalue weighted by Gasteiger charge is 2.13. The normalized spacial score (nSPS) is 10.1. The highest BCUT2D eigenvalue weighted by molar-refractivity contribution is 5.70. The second-order valence-electron chi connectivity index (χ2n) is 4.13. The second kappa shape index (κ2) is 5.87. The van der Waals surface area contributed by atoms with Gasteiger partial charge in [-0.05, 0) is 17.7 Å². The van der Waals surface area contributed by atoms with Crippen LogP contribution < -0.4 is 10.5 Å². The Hall–Kier alpha value is -3.16. The molecule has 0 spiro atoms. The maximum Gasteiger partial charge on any atom is 0.311 e. The van der Waals surface area contributed by atoms with Crippen LogP contribution in [0, 0.1) is 10.1 Å². The summed E-state index contributed by atoms with van der Waals surface area (Å²) < 4.78 is 5.41. The van der Waals surface area contributed by atoms with Gasteiger partial charge in [-0.2, -0.15) is 4.98 Å². The van der Waals surface area contributed by atoms with Crippen molar-refractivity contribution in [1.29, 1.82) is 0 Å². The van der Waals surface area contributed by atoms with E-state index in [1.54, 1.807) is 24.3 Å². The van der Waals surface area contributed by atoms with E-state index >= 15 is 0 Å². The molecule has 0 fully saturated rings. The number of benzene rings is 1. The van der Waals surface area contributed by atoms with Crippen LogP contribution in [-0.2, 0) is 11.2 Å². The molecule has 3 N–H and O–H groups in total. The van der Waals surface area contributed by atoms with Gasteiger partial charge in [0, 0.05) is 12.1 Å². The van der Waals surface area contributed by atoms with Gasteiger partial charge in [0.1, 0.15) is 5.75 Å². The van der Waals surface area contributed by atoms with Gasteiger partial charge in [0.2, 0.25) is 11.7 Å². The van der Waals surface area contributed by atoms with E-state index in [9.17, 15) is 14.9 Å². The fraction of sp³-hybridized carbons (Fsp3) is 0.0769. The summed E-state index contributed by atoms with van der Waals surface area (Å²) >= 11 is 0. The molecule has 0 saturated heterocycles. The molecule has 1 aromatic carbocycles. The number of nitrogens with two attached hydrogens (primary N) is 1. The zero-order valence-corrected chi connectivity index (χ0v) is 10.7. The van der Waals surface area contributed by atoms with Gasteiger partial charge >= 0.3 is 11.7 Å². The van der Waals surface area contributed by atoms with E-state index in [-0.39, 0.29) is 23.8 Å². The molecule has 1 aromatic heterocycles. The van der Waals surface area contributed by atoms with Crippen molar-refractivity contribution in [3.63, 3.8) is 0 Å². The minimum absolute atomic E-state index is 0.0885. The van der Waals surface area contributed by atoms with Gasteiger partial charge in [0.15, 0.2) is 0 Å². The van der Waals surface area contributed by atoms with Gasteiger partial charge in [-0.15, -0.1) is 0 Å². The summed E-state index contributed by atoms with van der Waals surface area (Å²) in [5.41, 5.74) is 5.72. The minimum atomic E-state index is -0.954. The molecule has 1 heterocycles. The van der Waals surface area contributed by atoms with Crippen molar-refractivity contribution in [2.24, 2.45) is 0 Å². The van der Waals surface area contributed by atoms with Gasteiger partial charge in [-0.3, -0.25) is 14.9 Å². The first-order valence-corrected chi connectivity index (χ1v) is 5.85. The molecule has 0 amide bonds. The summed E-state index contributed by atoms with van der Waals surface area (Å²) in [5, 5.41) is 19.4. The number of carboxylic acid groups (broad SMARTS) is 1. The van der Waals surface area contributed by atoms with Crippen molar-refractivity contribution in [2.45, 2.75) is 6.42 Å². The van der Waals surface area contributed by atoms with Crippen molar-refractivity contribution < 1.29 is 19.6 Å². The van der Waals surface area contributed by atoms with E-state index in [2.05, 4.69) is 4.98 Å². The predicted molar refractivity (Wildman–Crippen MR) is 73.2 cm³/mol. The van der Waals surface area contributed by atoms with Crippen LogP contribution in [0.15, 0.2) is 36.4 Å². The van der Waals surface area contributed by atoms with Crippen LogP contribution in [0.1, 0.15) is 5.56 Å². The summed E-state index contributed by atoms with van der Waals surface area (Å²) in [7, 11) is 0. The second-order valence-corrected chi connectivity index (χ2v) is 4.13.